The van der Waals surface area contributed by atoms with E-state index >= 15 is 0 Å². The van der Waals surface area contributed by atoms with Crippen LogP contribution in [0, 0.1) is 5.92 Å². The van der Waals surface area contributed by atoms with E-state index in [1.54, 1.807) is 22.2 Å². The van der Waals surface area contributed by atoms with Crippen molar-refractivity contribution in [1.29, 1.82) is 0 Å². The number of ether oxygens (including phenoxy) is 2. The Kier molecular flexibility index (Phi) is 13.6. The molecule has 4 heterocycles. The molecule has 0 aliphatic carbocycles. The minimum atomic E-state index is -1.22. The molecule has 0 saturated carbocycles. The highest BCUT2D eigenvalue weighted by atomic mass is 16.5. The van der Waals surface area contributed by atoms with Crippen LogP contribution in [0.25, 0.3) is 33.6 Å². The molecular formula is C50H54N8O7. The fourth-order valence-corrected chi connectivity index (χ4v) is 8.74. The van der Waals surface area contributed by atoms with Gasteiger partial charge in [-0.05, 0) is 77.1 Å². The lowest BCUT2D eigenvalue weighted by Gasteiger charge is -2.29. The molecule has 336 valence electrons. The van der Waals surface area contributed by atoms with Crippen molar-refractivity contribution in [2.24, 2.45) is 5.92 Å². The van der Waals surface area contributed by atoms with Gasteiger partial charge in [0.25, 0.3) is 0 Å². The number of hydrogen-bond acceptors (Lipinski definition) is 8. The average Bonchev–Trinajstić information content (AvgIpc) is 4.18. The Hall–Kier alpha value is -7.42. The van der Waals surface area contributed by atoms with E-state index in [9.17, 15) is 24.3 Å². The van der Waals surface area contributed by atoms with Gasteiger partial charge in [-0.3, -0.25) is 9.59 Å². The van der Waals surface area contributed by atoms with Crippen LogP contribution in [0.5, 0.6) is 5.75 Å². The van der Waals surface area contributed by atoms with Crippen molar-refractivity contribution in [3.05, 3.63) is 138 Å². The summed E-state index contributed by atoms with van der Waals surface area (Å²) in [5.41, 5.74) is 7.55. The van der Waals surface area contributed by atoms with Crippen LogP contribution in [0.2, 0.25) is 0 Å². The summed E-state index contributed by atoms with van der Waals surface area (Å²) in [4.78, 5) is 71.2. The first kappa shape index (κ1) is 44.2. The Morgan fingerprint density at radius 2 is 1.22 bits per heavy atom. The second-order valence-corrected chi connectivity index (χ2v) is 16.9. The molecule has 4 atom stereocenters. The summed E-state index contributed by atoms with van der Waals surface area (Å²) in [7, 11) is 1.28. The summed E-state index contributed by atoms with van der Waals surface area (Å²) in [5, 5.41) is 14.5. The van der Waals surface area contributed by atoms with Gasteiger partial charge >= 0.3 is 12.2 Å². The monoisotopic (exact) mass is 878 g/mol. The van der Waals surface area contributed by atoms with Gasteiger partial charge in [0.1, 0.15) is 36.1 Å². The number of nitrogens with one attached hydrogen (secondary N) is 4. The molecule has 8 rings (SSSR count). The molecule has 65 heavy (non-hydrogen) atoms. The van der Waals surface area contributed by atoms with Gasteiger partial charge in [-0.15, -0.1) is 0 Å². The average molecular weight is 879 g/mol. The van der Waals surface area contributed by atoms with E-state index in [0.29, 0.717) is 37.1 Å². The quantitative estimate of drug-likeness (QED) is 0.0675. The highest BCUT2D eigenvalue weighted by Gasteiger charge is 2.38. The molecule has 2 aliphatic rings. The van der Waals surface area contributed by atoms with Crippen molar-refractivity contribution in [2.45, 2.75) is 76.7 Å². The number of amides is 4. The number of aromatic nitrogens is 4. The van der Waals surface area contributed by atoms with Gasteiger partial charge < -0.3 is 45.0 Å². The van der Waals surface area contributed by atoms with Gasteiger partial charge in [0.2, 0.25) is 11.8 Å². The number of methoxy groups -OCH3 is 1. The van der Waals surface area contributed by atoms with Crippen LogP contribution in [-0.4, -0.2) is 91.1 Å². The smallest absolute Gasteiger partial charge is 0.407 e. The zero-order chi connectivity index (χ0) is 45.5. The molecule has 0 spiro atoms. The molecule has 4 amide bonds. The number of aromatic amines is 2. The fraction of sp³-hybridized carbons (Fsp3) is 0.320. The molecule has 6 aromatic rings. The van der Waals surface area contributed by atoms with Crippen LogP contribution in [0.1, 0.15) is 74.4 Å². The van der Waals surface area contributed by atoms with E-state index in [4.69, 9.17) is 14.5 Å². The lowest BCUT2D eigenvalue weighted by atomic mass is 10.0. The fourth-order valence-electron chi connectivity index (χ4n) is 8.74. The van der Waals surface area contributed by atoms with Crippen molar-refractivity contribution in [3.63, 3.8) is 0 Å². The Morgan fingerprint density at radius 1 is 0.692 bits per heavy atom. The SMILES string of the molecule is COC(=O)N[C@@H](Cc1ccc(OCc2ccccc2)cc1)C(=O)N1CCC[C@H]1c1ncc(-c2ccc(-c3ccc(-c4cnc([C@@H]5CCCN5C(=O)[C@@H](NC(=O)O)C(C)C)[nH]4)cc3)cc2)[nH]1. The van der Waals surface area contributed by atoms with Crippen LogP contribution in [0.3, 0.4) is 0 Å². The van der Waals surface area contributed by atoms with E-state index in [2.05, 4.69) is 49.9 Å². The third-order valence-corrected chi connectivity index (χ3v) is 12.2. The van der Waals surface area contributed by atoms with Crippen LogP contribution >= 0.6 is 0 Å². The number of nitrogens with zero attached hydrogens (tertiary/aromatic N) is 4. The number of carboxylic acid groups (broad SMARTS) is 1. The van der Waals surface area contributed by atoms with Crippen LogP contribution < -0.4 is 15.4 Å². The minimum absolute atomic E-state index is 0.195. The summed E-state index contributed by atoms with van der Waals surface area (Å²) in [6.45, 7) is 5.18. The number of H-pyrrole nitrogens is 2. The van der Waals surface area contributed by atoms with Crippen molar-refractivity contribution in [3.8, 4) is 39.4 Å². The lowest BCUT2D eigenvalue weighted by Crippen LogP contribution is -2.50. The Bertz CT molecular complexity index is 2570. The molecule has 15 nitrogen and oxygen atoms in total. The van der Waals surface area contributed by atoms with Crippen molar-refractivity contribution in [2.75, 3.05) is 20.2 Å². The maximum absolute atomic E-state index is 14.2. The topological polar surface area (TPSA) is 195 Å². The third kappa shape index (κ3) is 10.4. The van der Waals surface area contributed by atoms with E-state index in [1.807, 2.05) is 92.7 Å². The van der Waals surface area contributed by atoms with E-state index in [0.717, 1.165) is 70.5 Å². The van der Waals surface area contributed by atoms with Gasteiger partial charge in [-0.2, -0.15) is 0 Å². The first-order valence-corrected chi connectivity index (χ1v) is 22.1. The number of benzene rings is 4. The van der Waals surface area contributed by atoms with Crippen LogP contribution in [0.4, 0.5) is 9.59 Å². The summed E-state index contributed by atoms with van der Waals surface area (Å²) < 4.78 is 10.8. The number of alkyl carbamates (subject to hydrolysis) is 1. The van der Waals surface area contributed by atoms with E-state index in [-0.39, 0.29) is 36.2 Å². The van der Waals surface area contributed by atoms with Gasteiger partial charge in [0, 0.05) is 19.5 Å². The summed E-state index contributed by atoms with van der Waals surface area (Å²) >= 11 is 0. The second kappa shape index (κ2) is 20.0. The zero-order valence-corrected chi connectivity index (χ0v) is 36.7. The van der Waals surface area contributed by atoms with Gasteiger partial charge in [-0.25, -0.2) is 19.6 Å². The predicted molar refractivity (Wildman–Crippen MR) is 244 cm³/mol. The molecular weight excluding hydrogens is 825 g/mol. The van der Waals surface area contributed by atoms with Crippen molar-refractivity contribution < 1.29 is 33.8 Å². The Balaban J connectivity index is 0.896. The number of hydrogen-bond donors (Lipinski definition) is 5. The van der Waals surface area contributed by atoms with Crippen LogP contribution in [-0.2, 0) is 27.4 Å². The highest BCUT2D eigenvalue weighted by molar-refractivity contribution is 5.87. The number of imidazole rings is 2. The molecule has 2 aromatic heterocycles. The molecule has 2 fully saturated rings. The first-order chi connectivity index (χ1) is 31.5. The first-order valence-electron chi connectivity index (χ1n) is 22.1. The van der Waals surface area contributed by atoms with Gasteiger partial charge in [-0.1, -0.05) is 105 Å². The third-order valence-electron chi connectivity index (χ3n) is 12.2. The molecule has 0 bridgehead atoms. The van der Waals surface area contributed by atoms with Gasteiger partial charge in [0.05, 0.1) is 43.0 Å². The molecule has 15 heteroatoms. The van der Waals surface area contributed by atoms with Crippen molar-refractivity contribution in [1.82, 2.24) is 40.4 Å². The summed E-state index contributed by atoms with van der Waals surface area (Å²) in [6.07, 6.45) is 5.03. The molecule has 2 saturated heterocycles. The zero-order valence-electron chi connectivity index (χ0n) is 36.7. The van der Waals surface area contributed by atoms with E-state index in [1.165, 1.54) is 7.11 Å². The normalized spacial score (nSPS) is 16.9. The van der Waals surface area contributed by atoms with Crippen molar-refractivity contribution >= 4 is 24.0 Å². The summed E-state index contributed by atoms with van der Waals surface area (Å²) in [5.74, 6) is 1.44. The minimum Gasteiger partial charge on any atom is -0.489 e. The number of carbonyl (C=O) groups is 4. The maximum atomic E-state index is 14.2. The largest absolute Gasteiger partial charge is 0.489 e. The lowest BCUT2D eigenvalue weighted by molar-refractivity contribution is -0.135. The molecule has 2 aliphatic heterocycles. The second-order valence-electron chi connectivity index (χ2n) is 16.9. The summed E-state index contributed by atoms with van der Waals surface area (Å²) in [6, 6.07) is 31.6. The number of rotatable bonds is 15. The standard InChI is InChI=1S/C50H54N8O7/c1-31(2)44(56-49(61)62)48(60)58-26-8-12-43(58)46-52-29-41(54-46)37-21-17-35(18-22-37)34-15-19-36(20-16-34)40-28-51-45(53-40)42-11-7-25-57(42)47(59)39(55-50(63)64-3)27-32-13-23-38(24-14-32)65-30-33-9-5-4-6-10-33/h4-6,9-10,13-24,28-29,31,39,42-44,56H,7-8,11-12,25-27,30H2,1-3H3,(H,51,53)(H,52,54)(H,55,63)(H,61,62)/t39-,42-,43-,44-/m0/s1. The molecule has 0 unspecified atom stereocenters. The van der Waals surface area contributed by atoms with Crippen LogP contribution in [0.15, 0.2) is 116 Å². The predicted octanol–water partition coefficient (Wildman–Crippen LogP) is 8.30. The molecule has 4 aromatic carbocycles. The highest BCUT2D eigenvalue weighted by Crippen LogP contribution is 2.35. The molecule has 5 N–H and O–H groups in total. The van der Waals surface area contributed by atoms with E-state index < -0.39 is 24.3 Å². The van der Waals surface area contributed by atoms with Gasteiger partial charge in [0.15, 0.2) is 0 Å². The number of likely N-dealkylation sites (tertiary alicyclic amines) is 2. The Labute approximate surface area is 377 Å². The maximum Gasteiger partial charge on any atom is 0.407 e. The number of carbonyl (C=O) groups excluding carboxylic acids is 3. The Morgan fingerprint density at radius 3 is 1.72 bits per heavy atom. The molecule has 0 radical (unpaired) electrons.